The highest BCUT2D eigenvalue weighted by Crippen LogP contribution is 2.23. The van der Waals surface area contributed by atoms with Crippen LogP contribution in [0.25, 0.3) is 0 Å². The van der Waals surface area contributed by atoms with Crippen LogP contribution in [0.15, 0.2) is 23.5 Å². The minimum atomic E-state index is -0.448. The molecule has 2 N–H and O–H groups in total. The van der Waals surface area contributed by atoms with Crippen molar-refractivity contribution in [3.8, 4) is 0 Å². The van der Waals surface area contributed by atoms with E-state index in [-0.39, 0.29) is 17.5 Å². The number of rotatable bonds is 2. The molecule has 1 unspecified atom stereocenters. The van der Waals surface area contributed by atoms with E-state index < -0.39 is 5.56 Å². The number of hydrogen-bond acceptors (Lipinski definition) is 5. The van der Waals surface area contributed by atoms with Crippen molar-refractivity contribution in [2.24, 2.45) is 0 Å². The number of nitrogens with zero attached hydrogens (tertiary/aromatic N) is 3. The zero-order chi connectivity index (χ0) is 14.8. The molecule has 21 heavy (non-hydrogen) atoms. The van der Waals surface area contributed by atoms with E-state index in [1.807, 2.05) is 6.92 Å². The third-order valence-electron chi connectivity index (χ3n) is 3.38. The minimum absolute atomic E-state index is 0.0210. The first kappa shape index (κ1) is 13.5. The Kier molecular flexibility index (Phi) is 3.53. The first-order valence-corrected chi connectivity index (χ1v) is 6.59. The van der Waals surface area contributed by atoms with Crippen LogP contribution in [0, 0.1) is 6.92 Å². The van der Waals surface area contributed by atoms with Crippen LogP contribution in [0.2, 0.25) is 0 Å². The number of hydrogen-bond donors (Lipinski definition) is 2. The molecule has 1 aliphatic rings. The first-order valence-electron chi connectivity index (χ1n) is 6.59. The highest BCUT2D eigenvalue weighted by Gasteiger charge is 2.32. The van der Waals surface area contributed by atoms with Crippen LogP contribution in [-0.2, 0) is 4.74 Å². The van der Waals surface area contributed by atoms with Gasteiger partial charge in [0.05, 0.1) is 19.5 Å². The molecule has 0 aliphatic carbocycles. The van der Waals surface area contributed by atoms with Gasteiger partial charge in [-0.05, 0) is 6.92 Å². The molecule has 0 spiro atoms. The van der Waals surface area contributed by atoms with Crippen molar-refractivity contribution in [1.29, 1.82) is 0 Å². The van der Waals surface area contributed by atoms with Crippen LogP contribution >= 0.6 is 0 Å². The van der Waals surface area contributed by atoms with Gasteiger partial charge in [0.1, 0.15) is 17.4 Å². The van der Waals surface area contributed by atoms with Crippen LogP contribution in [0.1, 0.15) is 27.9 Å². The number of nitrogens with one attached hydrogen (secondary N) is 2. The van der Waals surface area contributed by atoms with Crippen molar-refractivity contribution >= 4 is 5.91 Å². The van der Waals surface area contributed by atoms with Crippen molar-refractivity contribution in [3.63, 3.8) is 0 Å². The Morgan fingerprint density at radius 3 is 3.05 bits per heavy atom. The van der Waals surface area contributed by atoms with Crippen molar-refractivity contribution in [2.45, 2.75) is 13.0 Å². The average molecular weight is 289 g/mol. The van der Waals surface area contributed by atoms with Gasteiger partial charge in [0.25, 0.3) is 11.5 Å². The fourth-order valence-electron chi connectivity index (χ4n) is 2.33. The van der Waals surface area contributed by atoms with E-state index in [0.717, 1.165) is 5.69 Å². The minimum Gasteiger partial charge on any atom is -0.377 e. The Labute approximate surface area is 120 Å². The van der Waals surface area contributed by atoms with Crippen LogP contribution in [0.3, 0.4) is 0 Å². The molecule has 3 heterocycles. The lowest BCUT2D eigenvalue weighted by atomic mass is 10.1. The lowest BCUT2D eigenvalue weighted by molar-refractivity contribution is -0.00513. The number of amides is 1. The predicted octanol–water partition coefficient (Wildman–Crippen LogP) is 0.0151. The van der Waals surface area contributed by atoms with Gasteiger partial charge in [0.2, 0.25) is 0 Å². The summed E-state index contributed by atoms with van der Waals surface area (Å²) in [6, 6.07) is -0.334. The van der Waals surface area contributed by atoms with E-state index >= 15 is 0 Å². The third kappa shape index (κ3) is 2.57. The largest absolute Gasteiger partial charge is 0.377 e. The second kappa shape index (κ2) is 5.49. The van der Waals surface area contributed by atoms with Gasteiger partial charge < -0.3 is 19.6 Å². The lowest BCUT2D eigenvalue weighted by Gasteiger charge is -2.34. The van der Waals surface area contributed by atoms with Crippen LogP contribution < -0.4 is 5.56 Å². The van der Waals surface area contributed by atoms with E-state index in [1.165, 1.54) is 12.5 Å². The van der Waals surface area contributed by atoms with Gasteiger partial charge >= 0.3 is 0 Å². The van der Waals surface area contributed by atoms with Gasteiger partial charge in [-0.2, -0.15) is 0 Å². The maximum atomic E-state index is 12.6. The van der Waals surface area contributed by atoms with Crippen LogP contribution in [0.5, 0.6) is 0 Å². The maximum absolute atomic E-state index is 12.6. The topological polar surface area (TPSA) is 104 Å². The number of aromatic amines is 2. The molecule has 8 heteroatoms. The fourth-order valence-corrected chi connectivity index (χ4v) is 2.33. The summed E-state index contributed by atoms with van der Waals surface area (Å²) in [6.45, 7) is 3.06. The lowest BCUT2D eigenvalue weighted by Crippen LogP contribution is -2.45. The molecule has 0 saturated carbocycles. The molecule has 0 aromatic carbocycles. The SMILES string of the molecule is Cc1cnc(C2COCCN2C(=O)c2cnc[nH]c2=O)[nH]1. The molecular weight excluding hydrogens is 274 g/mol. The number of morpholine rings is 1. The molecule has 1 amide bonds. The van der Waals surface area contributed by atoms with E-state index in [1.54, 1.807) is 11.1 Å². The molecular formula is C13H15N5O3. The van der Waals surface area contributed by atoms with E-state index in [2.05, 4.69) is 19.9 Å². The molecule has 2 aromatic rings. The molecule has 1 aliphatic heterocycles. The Hall–Kier alpha value is -2.48. The number of H-pyrrole nitrogens is 2. The molecule has 2 aromatic heterocycles. The molecule has 8 nitrogen and oxygen atoms in total. The number of carbonyl (C=O) groups excluding carboxylic acids is 1. The summed E-state index contributed by atoms with van der Waals surface area (Å²) in [5.74, 6) is 0.285. The summed E-state index contributed by atoms with van der Waals surface area (Å²) in [6.07, 6.45) is 4.23. The molecule has 0 bridgehead atoms. The van der Waals surface area contributed by atoms with Gasteiger partial charge in [-0.1, -0.05) is 0 Å². The normalized spacial score (nSPS) is 18.7. The van der Waals surface area contributed by atoms with Gasteiger partial charge in [-0.15, -0.1) is 0 Å². The summed E-state index contributed by atoms with van der Waals surface area (Å²) in [4.78, 5) is 39.5. The smallest absolute Gasteiger partial charge is 0.263 e. The number of ether oxygens (including phenoxy) is 1. The van der Waals surface area contributed by atoms with Gasteiger partial charge in [-0.25, -0.2) is 9.97 Å². The summed E-state index contributed by atoms with van der Waals surface area (Å²) in [7, 11) is 0. The van der Waals surface area contributed by atoms with E-state index in [4.69, 9.17) is 4.74 Å². The first-order chi connectivity index (χ1) is 10.2. The molecule has 1 fully saturated rings. The van der Waals surface area contributed by atoms with Crippen molar-refractivity contribution in [2.75, 3.05) is 19.8 Å². The van der Waals surface area contributed by atoms with Crippen molar-refractivity contribution in [3.05, 3.63) is 46.2 Å². The highest BCUT2D eigenvalue weighted by molar-refractivity contribution is 5.93. The molecule has 0 radical (unpaired) electrons. The third-order valence-corrected chi connectivity index (χ3v) is 3.38. The molecule has 110 valence electrons. The molecule has 1 atom stereocenters. The zero-order valence-electron chi connectivity index (χ0n) is 11.5. The number of imidazole rings is 1. The Balaban J connectivity index is 1.93. The van der Waals surface area contributed by atoms with Crippen molar-refractivity contribution in [1.82, 2.24) is 24.8 Å². The number of aromatic nitrogens is 4. The Morgan fingerprint density at radius 2 is 2.33 bits per heavy atom. The van der Waals surface area contributed by atoms with Gasteiger partial charge in [0, 0.05) is 24.6 Å². The van der Waals surface area contributed by atoms with E-state index in [0.29, 0.717) is 25.6 Å². The van der Waals surface area contributed by atoms with Crippen molar-refractivity contribution < 1.29 is 9.53 Å². The standard InChI is InChI=1S/C13H15N5O3/c1-8-4-15-11(17-8)10-6-21-3-2-18(10)13(20)9-5-14-7-16-12(9)19/h4-5,7,10H,2-3,6H2,1H3,(H,15,17)(H,14,16,19). The summed E-state index contributed by atoms with van der Waals surface area (Å²) < 4.78 is 5.44. The summed E-state index contributed by atoms with van der Waals surface area (Å²) >= 11 is 0. The van der Waals surface area contributed by atoms with Gasteiger partial charge in [0.15, 0.2) is 0 Å². The summed E-state index contributed by atoms with van der Waals surface area (Å²) in [5.41, 5.74) is 0.478. The van der Waals surface area contributed by atoms with Crippen LogP contribution in [-0.4, -0.2) is 50.5 Å². The van der Waals surface area contributed by atoms with E-state index in [9.17, 15) is 9.59 Å². The quantitative estimate of drug-likeness (QED) is 0.810. The number of aryl methyl sites for hydroxylation is 1. The average Bonchev–Trinajstić information content (AvgIpc) is 2.93. The monoisotopic (exact) mass is 289 g/mol. The Bertz CT molecular complexity index is 708. The molecule has 1 saturated heterocycles. The van der Waals surface area contributed by atoms with Crippen LogP contribution in [0.4, 0.5) is 0 Å². The number of carbonyl (C=O) groups is 1. The predicted molar refractivity (Wildman–Crippen MR) is 72.8 cm³/mol. The summed E-state index contributed by atoms with van der Waals surface area (Å²) in [5, 5.41) is 0. The second-order valence-electron chi connectivity index (χ2n) is 4.84. The highest BCUT2D eigenvalue weighted by atomic mass is 16.5. The molecule has 3 rings (SSSR count). The zero-order valence-corrected chi connectivity index (χ0v) is 11.5. The maximum Gasteiger partial charge on any atom is 0.263 e. The second-order valence-corrected chi connectivity index (χ2v) is 4.84. The Morgan fingerprint density at radius 1 is 1.48 bits per heavy atom. The van der Waals surface area contributed by atoms with Gasteiger partial charge in [-0.3, -0.25) is 9.59 Å². The fraction of sp³-hybridized carbons (Fsp3) is 0.385.